The Morgan fingerprint density at radius 1 is 0.950 bits per heavy atom. The maximum atomic E-state index is 5.41. The van der Waals surface area contributed by atoms with Crippen molar-refractivity contribution in [2.45, 2.75) is 38.5 Å². The standard InChI is InChI=1S/C18H24N2/c19-20-17-3-1-13(2-4-17)5-6-18-10-14-7-15(11-18)9-16(8-14)12-18/h1-6,14-16,20H,7-12,19H2/b6-5+. The van der Waals surface area contributed by atoms with Crippen LogP contribution in [0.15, 0.2) is 30.3 Å². The van der Waals surface area contributed by atoms with Crippen LogP contribution >= 0.6 is 0 Å². The topological polar surface area (TPSA) is 38.0 Å². The number of allylic oxidation sites excluding steroid dienone is 1. The van der Waals surface area contributed by atoms with Gasteiger partial charge in [0.15, 0.2) is 0 Å². The number of nitrogens with two attached hydrogens (primary N) is 1. The highest BCUT2D eigenvalue weighted by atomic mass is 15.2. The molecule has 0 saturated heterocycles. The van der Waals surface area contributed by atoms with Gasteiger partial charge in [0.2, 0.25) is 0 Å². The average molecular weight is 268 g/mol. The SMILES string of the molecule is NNc1ccc(/C=C/C23CC4CC(CC(C4)C2)C3)cc1. The van der Waals surface area contributed by atoms with Crippen LogP contribution in [0.4, 0.5) is 5.69 Å². The summed E-state index contributed by atoms with van der Waals surface area (Å²) in [6.07, 6.45) is 13.8. The second-order valence-electron chi connectivity index (χ2n) is 7.38. The van der Waals surface area contributed by atoms with Crippen LogP contribution in [0.5, 0.6) is 0 Å². The van der Waals surface area contributed by atoms with Crippen LogP contribution in [0.1, 0.15) is 44.1 Å². The third-order valence-corrected chi connectivity index (χ3v) is 5.79. The average Bonchev–Trinajstić information content (AvgIpc) is 2.44. The number of hydrogen-bond donors (Lipinski definition) is 2. The van der Waals surface area contributed by atoms with Crippen molar-refractivity contribution in [1.82, 2.24) is 0 Å². The summed E-state index contributed by atoms with van der Waals surface area (Å²) in [6.45, 7) is 0. The van der Waals surface area contributed by atoms with Gasteiger partial charge >= 0.3 is 0 Å². The Kier molecular flexibility index (Phi) is 2.88. The van der Waals surface area contributed by atoms with E-state index in [-0.39, 0.29) is 0 Å². The zero-order valence-corrected chi connectivity index (χ0v) is 12.0. The van der Waals surface area contributed by atoms with Gasteiger partial charge in [0.1, 0.15) is 0 Å². The molecule has 5 rings (SSSR count). The molecule has 0 amide bonds. The van der Waals surface area contributed by atoms with Gasteiger partial charge < -0.3 is 5.43 Å². The van der Waals surface area contributed by atoms with Crippen molar-refractivity contribution in [1.29, 1.82) is 0 Å². The molecule has 4 fully saturated rings. The van der Waals surface area contributed by atoms with Gasteiger partial charge in [0, 0.05) is 5.69 Å². The fourth-order valence-corrected chi connectivity index (χ4v) is 5.35. The lowest BCUT2D eigenvalue weighted by Crippen LogP contribution is -2.44. The smallest absolute Gasteiger partial charge is 0.0485 e. The zero-order valence-electron chi connectivity index (χ0n) is 12.0. The summed E-state index contributed by atoms with van der Waals surface area (Å²) in [5.74, 6) is 8.48. The predicted molar refractivity (Wildman–Crippen MR) is 83.9 cm³/mol. The normalized spacial score (nSPS) is 38.5. The van der Waals surface area contributed by atoms with Crippen LogP contribution in [0.25, 0.3) is 6.08 Å². The van der Waals surface area contributed by atoms with E-state index in [2.05, 4.69) is 29.7 Å². The molecule has 0 heterocycles. The summed E-state index contributed by atoms with van der Waals surface area (Å²) in [4.78, 5) is 0. The summed E-state index contributed by atoms with van der Waals surface area (Å²) >= 11 is 0. The quantitative estimate of drug-likeness (QED) is 0.637. The van der Waals surface area contributed by atoms with Crippen LogP contribution in [0.3, 0.4) is 0 Å². The highest BCUT2D eigenvalue weighted by Gasteiger charge is 2.49. The Balaban J connectivity index is 1.54. The summed E-state index contributed by atoms with van der Waals surface area (Å²) < 4.78 is 0. The Bertz CT molecular complexity index is 479. The first-order valence-electron chi connectivity index (χ1n) is 8.01. The number of rotatable bonds is 3. The molecule has 0 aromatic heterocycles. The fourth-order valence-electron chi connectivity index (χ4n) is 5.35. The maximum Gasteiger partial charge on any atom is 0.0485 e. The molecule has 106 valence electrons. The van der Waals surface area contributed by atoms with Crippen molar-refractivity contribution in [3.05, 3.63) is 35.9 Å². The van der Waals surface area contributed by atoms with Crippen molar-refractivity contribution in [3.63, 3.8) is 0 Å². The molecule has 1 aromatic carbocycles. The Morgan fingerprint density at radius 2 is 1.50 bits per heavy atom. The van der Waals surface area contributed by atoms with Gasteiger partial charge in [-0.25, -0.2) is 0 Å². The van der Waals surface area contributed by atoms with Crippen LogP contribution in [0, 0.1) is 23.2 Å². The van der Waals surface area contributed by atoms with Crippen molar-refractivity contribution >= 4 is 11.8 Å². The molecule has 0 atom stereocenters. The van der Waals surface area contributed by atoms with Crippen LogP contribution in [0.2, 0.25) is 0 Å². The molecule has 0 spiro atoms. The minimum atomic E-state index is 0.527. The van der Waals surface area contributed by atoms with Gasteiger partial charge in [-0.15, -0.1) is 0 Å². The lowest BCUT2D eigenvalue weighted by molar-refractivity contribution is -0.0232. The van der Waals surface area contributed by atoms with E-state index in [0.29, 0.717) is 5.41 Å². The minimum Gasteiger partial charge on any atom is -0.324 e. The third kappa shape index (κ3) is 2.16. The molecule has 0 aliphatic heterocycles. The summed E-state index contributed by atoms with van der Waals surface area (Å²) in [5, 5.41) is 0. The molecule has 4 aliphatic rings. The van der Waals surface area contributed by atoms with E-state index in [0.717, 1.165) is 23.4 Å². The van der Waals surface area contributed by atoms with Crippen molar-refractivity contribution in [2.75, 3.05) is 5.43 Å². The fraction of sp³-hybridized carbons (Fsp3) is 0.556. The van der Waals surface area contributed by atoms with E-state index in [4.69, 9.17) is 5.84 Å². The van der Waals surface area contributed by atoms with E-state index in [1.807, 2.05) is 12.1 Å². The van der Waals surface area contributed by atoms with E-state index in [1.54, 1.807) is 0 Å². The van der Waals surface area contributed by atoms with Crippen molar-refractivity contribution in [3.8, 4) is 0 Å². The molecule has 0 radical (unpaired) electrons. The molecule has 4 bridgehead atoms. The number of anilines is 1. The summed E-state index contributed by atoms with van der Waals surface area (Å²) in [7, 11) is 0. The number of hydrazine groups is 1. The molecular weight excluding hydrogens is 244 g/mol. The van der Waals surface area contributed by atoms with E-state index in [1.165, 1.54) is 44.1 Å². The lowest BCUT2D eigenvalue weighted by Gasteiger charge is -2.55. The predicted octanol–water partition coefficient (Wildman–Crippen LogP) is 4.20. The summed E-state index contributed by atoms with van der Waals surface area (Å²) in [5.41, 5.74) is 5.47. The van der Waals surface area contributed by atoms with Crippen molar-refractivity contribution < 1.29 is 0 Å². The Morgan fingerprint density at radius 3 is 2.00 bits per heavy atom. The monoisotopic (exact) mass is 268 g/mol. The Labute approximate surface area is 121 Å². The first kappa shape index (κ1) is 12.5. The highest BCUT2D eigenvalue weighted by molar-refractivity contribution is 5.55. The van der Waals surface area contributed by atoms with Gasteiger partial charge in [-0.05, 0) is 79.4 Å². The van der Waals surface area contributed by atoms with Gasteiger partial charge in [0.25, 0.3) is 0 Å². The molecule has 1 aromatic rings. The number of hydrogen-bond acceptors (Lipinski definition) is 2. The van der Waals surface area contributed by atoms with Crippen LogP contribution < -0.4 is 11.3 Å². The zero-order chi connectivity index (χ0) is 13.6. The molecule has 0 unspecified atom stereocenters. The number of benzene rings is 1. The number of nitrogen functional groups attached to an aromatic ring is 1. The molecule has 4 aliphatic carbocycles. The molecule has 2 nitrogen and oxygen atoms in total. The highest BCUT2D eigenvalue weighted by Crippen LogP contribution is 2.60. The van der Waals surface area contributed by atoms with Crippen LogP contribution in [-0.2, 0) is 0 Å². The summed E-state index contributed by atoms with van der Waals surface area (Å²) in [6, 6.07) is 8.37. The minimum absolute atomic E-state index is 0.527. The largest absolute Gasteiger partial charge is 0.324 e. The second-order valence-corrected chi connectivity index (χ2v) is 7.38. The van der Waals surface area contributed by atoms with Gasteiger partial charge in [0.05, 0.1) is 0 Å². The van der Waals surface area contributed by atoms with E-state index < -0.39 is 0 Å². The van der Waals surface area contributed by atoms with E-state index >= 15 is 0 Å². The third-order valence-electron chi connectivity index (χ3n) is 5.79. The maximum absolute atomic E-state index is 5.41. The molecular formula is C18H24N2. The molecule has 2 heteroatoms. The van der Waals surface area contributed by atoms with E-state index in [9.17, 15) is 0 Å². The molecule has 20 heavy (non-hydrogen) atoms. The number of nitrogens with one attached hydrogen (secondary N) is 1. The van der Waals surface area contributed by atoms with Crippen LogP contribution in [-0.4, -0.2) is 0 Å². The molecule has 3 N–H and O–H groups in total. The van der Waals surface area contributed by atoms with Gasteiger partial charge in [-0.1, -0.05) is 24.3 Å². The van der Waals surface area contributed by atoms with Gasteiger partial charge in [-0.3, -0.25) is 5.84 Å². The van der Waals surface area contributed by atoms with Gasteiger partial charge in [-0.2, -0.15) is 0 Å². The lowest BCUT2D eigenvalue weighted by atomic mass is 9.49. The first-order valence-corrected chi connectivity index (χ1v) is 8.01. The van der Waals surface area contributed by atoms with Crippen molar-refractivity contribution in [2.24, 2.45) is 29.0 Å². The first-order chi connectivity index (χ1) is 9.75. The second kappa shape index (κ2) is 4.63. The molecule has 4 saturated carbocycles. The Hall–Kier alpha value is -1.28.